The van der Waals surface area contributed by atoms with Crippen molar-refractivity contribution < 1.29 is 0 Å². The van der Waals surface area contributed by atoms with Gasteiger partial charge in [-0.05, 0) is 42.0 Å². The van der Waals surface area contributed by atoms with Crippen LogP contribution in [-0.2, 0) is 5.41 Å². The zero-order valence-corrected chi connectivity index (χ0v) is 14.3. The number of rotatable bonds is 6. The van der Waals surface area contributed by atoms with Crippen LogP contribution in [0.3, 0.4) is 0 Å². The van der Waals surface area contributed by atoms with Gasteiger partial charge in [0, 0.05) is 5.41 Å². The van der Waals surface area contributed by atoms with Crippen molar-refractivity contribution in [3.8, 4) is 11.1 Å². The van der Waals surface area contributed by atoms with Crippen LogP contribution in [0.25, 0.3) is 11.1 Å². The summed E-state index contributed by atoms with van der Waals surface area (Å²) in [5.74, 6) is 0. The van der Waals surface area contributed by atoms with Crippen molar-refractivity contribution in [2.45, 2.75) is 64.7 Å². The standard InChI is InChI=1S/C22H28/c1-4-6-14-22(15-7-5-2)20-11-9-8-10-18(20)19-13-12-17(3)16-21(19)22/h8-13,16H,4-7,14-15H2,1-3H3. The third-order valence-electron chi connectivity index (χ3n) is 5.34. The Morgan fingerprint density at radius 2 is 1.41 bits per heavy atom. The summed E-state index contributed by atoms with van der Waals surface area (Å²) in [6, 6.07) is 16.2. The number of hydrogen-bond donors (Lipinski definition) is 0. The second-order valence-corrected chi connectivity index (χ2v) is 6.88. The molecule has 0 amide bonds. The summed E-state index contributed by atoms with van der Waals surface area (Å²) < 4.78 is 0. The lowest BCUT2D eigenvalue weighted by Gasteiger charge is -2.32. The van der Waals surface area contributed by atoms with E-state index in [0.29, 0.717) is 0 Å². The van der Waals surface area contributed by atoms with Crippen LogP contribution in [0.5, 0.6) is 0 Å². The van der Waals surface area contributed by atoms with Crippen molar-refractivity contribution in [2.24, 2.45) is 0 Å². The van der Waals surface area contributed by atoms with Crippen LogP contribution in [0.2, 0.25) is 0 Å². The van der Waals surface area contributed by atoms with E-state index < -0.39 is 0 Å². The van der Waals surface area contributed by atoms with Gasteiger partial charge in [0.15, 0.2) is 0 Å². The highest BCUT2D eigenvalue weighted by atomic mass is 14.4. The number of unbranched alkanes of at least 4 members (excludes halogenated alkanes) is 2. The highest BCUT2D eigenvalue weighted by molar-refractivity contribution is 5.81. The van der Waals surface area contributed by atoms with Crippen LogP contribution in [-0.4, -0.2) is 0 Å². The summed E-state index contributed by atoms with van der Waals surface area (Å²) in [6.07, 6.45) is 7.75. The zero-order chi connectivity index (χ0) is 15.6. The molecule has 0 heterocycles. The van der Waals surface area contributed by atoms with E-state index in [1.807, 2.05) is 0 Å². The molecule has 0 saturated carbocycles. The Balaban J connectivity index is 2.20. The van der Waals surface area contributed by atoms with Crippen molar-refractivity contribution in [2.75, 3.05) is 0 Å². The van der Waals surface area contributed by atoms with Crippen LogP contribution >= 0.6 is 0 Å². The van der Waals surface area contributed by atoms with Crippen molar-refractivity contribution in [1.29, 1.82) is 0 Å². The Morgan fingerprint density at radius 1 is 0.773 bits per heavy atom. The highest BCUT2D eigenvalue weighted by Gasteiger charge is 2.41. The summed E-state index contributed by atoms with van der Waals surface area (Å²) in [4.78, 5) is 0. The van der Waals surface area contributed by atoms with Gasteiger partial charge in [-0.25, -0.2) is 0 Å². The lowest BCUT2D eigenvalue weighted by Crippen LogP contribution is -2.25. The summed E-state index contributed by atoms with van der Waals surface area (Å²) in [7, 11) is 0. The largest absolute Gasteiger partial charge is 0.0654 e. The first-order valence-corrected chi connectivity index (χ1v) is 8.94. The maximum Gasteiger partial charge on any atom is 0.0215 e. The molecule has 0 heteroatoms. The van der Waals surface area contributed by atoms with E-state index in [-0.39, 0.29) is 5.41 Å². The fourth-order valence-electron chi connectivity index (χ4n) is 4.19. The smallest absolute Gasteiger partial charge is 0.0215 e. The fraction of sp³-hybridized carbons (Fsp3) is 0.455. The molecule has 0 N–H and O–H groups in total. The number of benzene rings is 2. The van der Waals surface area contributed by atoms with Gasteiger partial charge in [-0.2, -0.15) is 0 Å². The maximum absolute atomic E-state index is 2.46. The summed E-state index contributed by atoms with van der Waals surface area (Å²) in [5.41, 5.74) is 7.78. The van der Waals surface area contributed by atoms with Crippen LogP contribution < -0.4 is 0 Å². The third-order valence-corrected chi connectivity index (χ3v) is 5.34. The fourth-order valence-corrected chi connectivity index (χ4v) is 4.19. The quantitative estimate of drug-likeness (QED) is 0.559. The Kier molecular flexibility index (Phi) is 4.38. The molecule has 0 radical (unpaired) electrons. The van der Waals surface area contributed by atoms with Crippen LogP contribution in [0.15, 0.2) is 42.5 Å². The number of aryl methyl sites for hydroxylation is 1. The molecule has 2 aromatic rings. The molecule has 0 aromatic heterocycles. The highest BCUT2D eigenvalue weighted by Crippen LogP contribution is 2.54. The summed E-state index contributed by atoms with van der Waals surface area (Å²) in [6.45, 7) is 6.85. The molecule has 3 rings (SSSR count). The predicted octanol–water partition coefficient (Wildman–Crippen LogP) is 6.64. The molecular formula is C22H28. The van der Waals surface area contributed by atoms with Gasteiger partial charge in [0.1, 0.15) is 0 Å². The molecule has 0 fully saturated rings. The van der Waals surface area contributed by atoms with Gasteiger partial charge < -0.3 is 0 Å². The first-order valence-electron chi connectivity index (χ1n) is 8.94. The van der Waals surface area contributed by atoms with Crippen molar-refractivity contribution >= 4 is 0 Å². The van der Waals surface area contributed by atoms with Gasteiger partial charge in [-0.1, -0.05) is 87.6 Å². The van der Waals surface area contributed by atoms with Gasteiger partial charge in [0.05, 0.1) is 0 Å². The SMILES string of the molecule is CCCCC1(CCCC)c2ccccc2-c2ccc(C)cc21. The van der Waals surface area contributed by atoms with Gasteiger partial charge in [-0.15, -0.1) is 0 Å². The van der Waals surface area contributed by atoms with E-state index in [0.717, 1.165) is 0 Å². The van der Waals surface area contributed by atoms with E-state index in [2.05, 4.69) is 63.2 Å². The van der Waals surface area contributed by atoms with E-state index in [1.54, 1.807) is 11.1 Å². The molecule has 22 heavy (non-hydrogen) atoms. The first-order chi connectivity index (χ1) is 10.7. The Hall–Kier alpha value is -1.56. The monoisotopic (exact) mass is 292 g/mol. The molecule has 2 aromatic carbocycles. The molecule has 1 aliphatic carbocycles. The second kappa shape index (κ2) is 6.28. The average Bonchev–Trinajstić information content (AvgIpc) is 2.81. The minimum Gasteiger partial charge on any atom is -0.0654 e. The van der Waals surface area contributed by atoms with Crippen molar-refractivity contribution in [1.82, 2.24) is 0 Å². The molecular weight excluding hydrogens is 264 g/mol. The molecule has 1 aliphatic rings. The molecule has 0 saturated heterocycles. The lowest BCUT2D eigenvalue weighted by molar-refractivity contribution is 0.414. The lowest BCUT2D eigenvalue weighted by atomic mass is 9.70. The third kappa shape index (κ3) is 2.39. The molecule has 0 atom stereocenters. The average molecular weight is 292 g/mol. The van der Waals surface area contributed by atoms with E-state index in [9.17, 15) is 0 Å². The van der Waals surface area contributed by atoms with Gasteiger partial charge >= 0.3 is 0 Å². The van der Waals surface area contributed by atoms with E-state index in [4.69, 9.17) is 0 Å². The minimum absolute atomic E-state index is 0.254. The normalized spacial score (nSPS) is 14.7. The zero-order valence-electron chi connectivity index (χ0n) is 14.3. The number of fused-ring (bicyclic) bond motifs is 3. The van der Waals surface area contributed by atoms with Crippen LogP contribution in [0, 0.1) is 6.92 Å². The van der Waals surface area contributed by atoms with Gasteiger partial charge in [0.2, 0.25) is 0 Å². The first kappa shape index (κ1) is 15.3. The topological polar surface area (TPSA) is 0 Å². The molecule has 0 aliphatic heterocycles. The summed E-state index contributed by atoms with van der Waals surface area (Å²) in [5, 5.41) is 0. The maximum atomic E-state index is 2.46. The van der Waals surface area contributed by atoms with Gasteiger partial charge in [0.25, 0.3) is 0 Å². The Morgan fingerprint density at radius 3 is 2.09 bits per heavy atom. The van der Waals surface area contributed by atoms with E-state index >= 15 is 0 Å². The Labute approximate surface area is 135 Å². The van der Waals surface area contributed by atoms with E-state index in [1.165, 1.54) is 55.2 Å². The minimum atomic E-state index is 0.254. The van der Waals surface area contributed by atoms with Crippen molar-refractivity contribution in [3.63, 3.8) is 0 Å². The molecule has 0 unspecified atom stereocenters. The predicted molar refractivity (Wildman–Crippen MR) is 96.4 cm³/mol. The second-order valence-electron chi connectivity index (χ2n) is 6.88. The molecule has 116 valence electrons. The Bertz CT molecular complexity index is 643. The molecule has 0 spiro atoms. The summed E-state index contributed by atoms with van der Waals surface area (Å²) >= 11 is 0. The van der Waals surface area contributed by atoms with Crippen LogP contribution in [0.1, 0.15) is 69.1 Å². The number of hydrogen-bond acceptors (Lipinski definition) is 0. The molecule has 0 nitrogen and oxygen atoms in total. The van der Waals surface area contributed by atoms with Crippen LogP contribution in [0.4, 0.5) is 0 Å². The van der Waals surface area contributed by atoms with Gasteiger partial charge in [-0.3, -0.25) is 0 Å². The van der Waals surface area contributed by atoms with Crippen molar-refractivity contribution in [3.05, 3.63) is 59.2 Å². The molecule has 0 bridgehead atoms.